The summed E-state index contributed by atoms with van der Waals surface area (Å²) in [6.07, 6.45) is 2.63. The summed E-state index contributed by atoms with van der Waals surface area (Å²) in [5.41, 5.74) is 2.91. The number of rotatable bonds is 6. The first-order valence-corrected chi connectivity index (χ1v) is 15.2. The lowest BCUT2D eigenvalue weighted by atomic mass is 9.75. The number of thiazole rings is 1. The molecular formula is C31H35FN6O2S. The van der Waals surface area contributed by atoms with E-state index in [0.29, 0.717) is 36.4 Å². The van der Waals surface area contributed by atoms with Gasteiger partial charge in [-0.25, -0.2) is 9.37 Å². The highest BCUT2D eigenvalue weighted by atomic mass is 32.1. The second-order valence-corrected chi connectivity index (χ2v) is 13.1. The van der Waals surface area contributed by atoms with E-state index in [1.165, 1.54) is 11.3 Å². The molecule has 3 heterocycles. The summed E-state index contributed by atoms with van der Waals surface area (Å²) in [7, 11) is 0. The van der Waals surface area contributed by atoms with Crippen molar-refractivity contribution in [2.75, 3.05) is 18.0 Å². The molecule has 1 aromatic carbocycles. The number of nitrogens with one attached hydrogen (secondary N) is 1. The number of aromatic nitrogens is 3. The molecular weight excluding hydrogens is 539 g/mol. The molecule has 214 valence electrons. The standard InChI is InChI=1S/C31H35FN6O2S/c1-19-3-10-25(37-36-19)29-34-26(23-9-6-21(32)17-24(23)28(39)35-31(18-33)11-12-31)27(41-29)20-4-7-22(8-5-20)38-15-13-30(2,40)14-16-38/h3-5,7-8,10,21,23-24,40H,6,9,11-17H2,1-2H3,(H,35,39). The van der Waals surface area contributed by atoms with Crippen molar-refractivity contribution in [1.82, 2.24) is 20.5 Å². The number of amides is 1. The first kappa shape index (κ1) is 27.7. The maximum Gasteiger partial charge on any atom is 0.225 e. The van der Waals surface area contributed by atoms with Gasteiger partial charge in [-0.15, -0.1) is 16.4 Å². The fourth-order valence-electron chi connectivity index (χ4n) is 5.94. The predicted molar refractivity (Wildman–Crippen MR) is 156 cm³/mol. The van der Waals surface area contributed by atoms with Gasteiger partial charge < -0.3 is 15.3 Å². The Morgan fingerprint density at radius 1 is 1.12 bits per heavy atom. The molecule has 0 radical (unpaired) electrons. The zero-order valence-electron chi connectivity index (χ0n) is 23.4. The number of aliphatic hydroxyl groups is 1. The van der Waals surface area contributed by atoms with Gasteiger partial charge in [0.15, 0.2) is 0 Å². The van der Waals surface area contributed by atoms with Crippen LogP contribution in [-0.2, 0) is 4.79 Å². The van der Waals surface area contributed by atoms with Gasteiger partial charge in [-0.1, -0.05) is 12.1 Å². The van der Waals surface area contributed by atoms with Gasteiger partial charge in [0.2, 0.25) is 5.91 Å². The van der Waals surface area contributed by atoms with Gasteiger partial charge in [0.1, 0.15) is 22.4 Å². The summed E-state index contributed by atoms with van der Waals surface area (Å²) in [5, 5.41) is 32.1. The molecule has 1 saturated heterocycles. The van der Waals surface area contributed by atoms with Gasteiger partial charge in [-0.05, 0) is 88.6 Å². The van der Waals surface area contributed by atoms with Crippen LogP contribution in [-0.4, -0.2) is 56.6 Å². The Morgan fingerprint density at radius 3 is 2.49 bits per heavy atom. The van der Waals surface area contributed by atoms with Crippen molar-refractivity contribution in [1.29, 1.82) is 5.26 Å². The largest absolute Gasteiger partial charge is 0.390 e. The molecule has 6 rings (SSSR count). The average Bonchev–Trinajstić information content (AvgIpc) is 3.60. The van der Waals surface area contributed by atoms with Crippen LogP contribution in [0.5, 0.6) is 0 Å². The van der Waals surface area contributed by atoms with Gasteiger partial charge in [0.05, 0.1) is 27.9 Å². The number of benzene rings is 1. The fourth-order valence-corrected chi connectivity index (χ4v) is 7.04. The van der Waals surface area contributed by atoms with Crippen LogP contribution in [0.25, 0.3) is 21.1 Å². The topological polar surface area (TPSA) is 115 Å². The Hall–Kier alpha value is -3.42. The first-order valence-electron chi connectivity index (χ1n) is 14.4. The van der Waals surface area contributed by atoms with Crippen LogP contribution >= 0.6 is 11.3 Å². The minimum absolute atomic E-state index is 0.117. The monoisotopic (exact) mass is 574 g/mol. The van der Waals surface area contributed by atoms with Crippen molar-refractivity contribution >= 4 is 22.9 Å². The summed E-state index contributed by atoms with van der Waals surface area (Å²) in [4.78, 5) is 21.7. The van der Waals surface area contributed by atoms with Crippen molar-refractivity contribution < 1.29 is 14.3 Å². The van der Waals surface area contributed by atoms with E-state index >= 15 is 0 Å². The number of halogens is 1. The van der Waals surface area contributed by atoms with E-state index in [4.69, 9.17) is 4.98 Å². The summed E-state index contributed by atoms with van der Waals surface area (Å²) in [6, 6.07) is 14.4. The number of carbonyl (C=O) groups is 1. The van der Waals surface area contributed by atoms with Gasteiger partial charge >= 0.3 is 0 Å². The van der Waals surface area contributed by atoms with Crippen LogP contribution in [0.1, 0.15) is 69.2 Å². The number of alkyl halides is 1. The Labute approximate surface area is 243 Å². The lowest BCUT2D eigenvalue weighted by Crippen LogP contribution is -2.44. The van der Waals surface area contributed by atoms with Gasteiger partial charge in [0.25, 0.3) is 0 Å². The van der Waals surface area contributed by atoms with Crippen molar-refractivity contribution in [2.24, 2.45) is 5.92 Å². The second-order valence-electron chi connectivity index (χ2n) is 12.1. The van der Waals surface area contributed by atoms with Crippen LogP contribution in [0.2, 0.25) is 0 Å². The molecule has 1 amide bonds. The highest BCUT2D eigenvalue weighted by molar-refractivity contribution is 7.18. The number of aryl methyl sites for hydroxylation is 1. The molecule has 41 heavy (non-hydrogen) atoms. The molecule has 0 spiro atoms. The lowest BCUT2D eigenvalue weighted by molar-refractivity contribution is -0.128. The normalized spacial score (nSPS) is 24.9. The van der Waals surface area contributed by atoms with E-state index in [1.54, 1.807) is 0 Å². The van der Waals surface area contributed by atoms with Gasteiger partial charge in [-0.2, -0.15) is 10.4 Å². The third-order valence-electron chi connectivity index (χ3n) is 8.81. The van der Waals surface area contributed by atoms with E-state index in [1.807, 2.05) is 26.0 Å². The molecule has 2 aromatic heterocycles. The number of piperidine rings is 1. The maximum absolute atomic E-state index is 14.7. The molecule has 2 saturated carbocycles. The summed E-state index contributed by atoms with van der Waals surface area (Å²) < 4.78 is 14.7. The molecule has 2 N–H and O–H groups in total. The summed E-state index contributed by atoms with van der Waals surface area (Å²) in [5.74, 6) is -1.15. The van der Waals surface area contributed by atoms with E-state index in [2.05, 4.69) is 50.7 Å². The molecule has 3 fully saturated rings. The zero-order chi connectivity index (χ0) is 28.8. The summed E-state index contributed by atoms with van der Waals surface area (Å²) >= 11 is 1.51. The molecule has 8 nitrogen and oxygen atoms in total. The van der Waals surface area contributed by atoms with Gasteiger partial charge in [-0.3, -0.25) is 4.79 Å². The third kappa shape index (κ3) is 5.84. The maximum atomic E-state index is 14.7. The van der Waals surface area contributed by atoms with Crippen LogP contribution in [0.3, 0.4) is 0 Å². The van der Waals surface area contributed by atoms with Crippen molar-refractivity contribution in [3.63, 3.8) is 0 Å². The number of carbonyl (C=O) groups excluding carboxylic acids is 1. The minimum atomic E-state index is -1.06. The third-order valence-corrected chi connectivity index (χ3v) is 9.95. The molecule has 10 heteroatoms. The van der Waals surface area contributed by atoms with E-state index in [9.17, 15) is 19.6 Å². The molecule has 3 atom stereocenters. The number of hydrogen-bond donors (Lipinski definition) is 2. The lowest BCUT2D eigenvalue weighted by Gasteiger charge is -2.37. The van der Waals surface area contributed by atoms with Crippen LogP contribution in [0, 0.1) is 24.2 Å². The minimum Gasteiger partial charge on any atom is -0.390 e. The fraction of sp³-hybridized carbons (Fsp3) is 0.516. The molecule has 3 aromatic rings. The first-order chi connectivity index (χ1) is 19.7. The quantitative estimate of drug-likeness (QED) is 0.409. The van der Waals surface area contributed by atoms with Crippen molar-refractivity contribution in [2.45, 2.75) is 82.0 Å². The smallest absolute Gasteiger partial charge is 0.225 e. The molecule has 0 bridgehead atoms. The van der Waals surface area contributed by atoms with Gasteiger partial charge in [0, 0.05) is 30.6 Å². The Balaban J connectivity index is 1.35. The van der Waals surface area contributed by atoms with Crippen molar-refractivity contribution in [3.8, 4) is 27.2 Å². The Kier molecular flexibility index (Phi) is 7.28. The van der Waals surface area contributed by atoms with Crippen LogP contribution < -0.4 is 10.2 Å². The molecule has 3 unspecified atom stereocenters. The SMILES string of the molecule is Cc1ccc(-c2nc(C3CCC(F)CC3C(=O)NC3(C#N)CC3)c(-c3ccc(N4CCC(C)(O)CC4)cc3)s2)nn1. The average molecular weight is 575 g/mol. The number of hydrogen-bond acceptors (Lipinski definition) is 8. The Bertz CT molecular complexity index is 1450. The highest BCUT2D eigenvalue weighted by Gasteiger charge is 2.48. The second kappa shape index (κ2) is 10.8. The van der Waals surface area contributed by atoms with Crippen LogP contribution in [0.15, 0.2) is 36.4 Å². The Morgan fingerprint density at radius 2 is 1.85 bits per heavy atom. The van der Waals surface area contributed by atoms with E-state index < -0.39 is 23.2 Å². The van der Waals surface area contributed by atoms with E-state index in [-0.39, 0.29) is 18.2 Å². The molecule has 1 aliphatic heterocycles. The highest BCUT2D eigenvalue weighted by Crippen LogP contribution is 2.47. The number of nitrogens with zero attached hydrogens (tertiary/aromatic N) is 5. The number of nitriles is 1. The van der Waals surface area contributed by atoms with Crippen molar-refractivity contribution in [3.05, 3.63) is 47.8 Å². The molecule has 3 aliphatic rings. The van der Waals surface area contributed by atoms with Crippen LogP contribution in [0.4, 0.5) is 10.1 Å². The number of anilines is 1. The summed E-state index contributed by atoms with van der Waals surface area (Å²) in [6.45, 7) is 5.36. The zero-order valence-corrected chi connectivity index (χ0v) is 24.3. The van der Waals surface area contributed by atoms with E-state index in [0.717, 1.165) is 53.4 Å². The molecule has 2 aliphatic carbocycles. The predicted octanol–water partition coefficient (Wildman–Crippen LogP) is 5.32.